The highest BCUT2D eigenvalue weighted by Crippen LogP contribution is 2.37. The number of aryl methyl sites for hydroxylation is 1. The van der Waals surface area contributed by atoms with Gasteiger partial charge in [-0.2, -0.15) is 5.10 Å². The smallest absolute Gasteiger partial charge is 0.269 e. The van der Waals surface area contributed by atoms with E-state index in [0.29, 0.717) is 22.9 Å². The maximum absolute atomic E-state index is 12.1. The van der Waals surface area contributed by atoms with E-state index in [1.807, 2.05) is 12.1 Å². The largest absolute Gasteiger partial charge is 0.494 e. The van der Waals surface area contributed by atoms with Crippen molar-refractivity contribution < 1.29 is 19.1 Å². The van der Waals surface area contributed by atoms with E-state index in [1.54, 1.807) is 51.9 Å². The van der Waals surface area contributed by atoms with Crippen molar-refractivity contribution in [2.24, 2.45) is 7.05 Å². The van der Waals surface area contributed by atoms with Crippen molar-refractivity contribution in [1.82, 2.24) is 20.1 Å². The third-order valence-corrected chi connectivity index (χ3v) is 4.24. The van der Waals surface area contributed by atoms with E-state index in [-0.39, 0.29) is 18.4 Å². The minimum atomic E-state index is -0.368. The van der Waals surface area contributed by atoms with Gasteiger partial charge in [0.1, 0.15) is 17.2 Å². The van der Waals surface area contributed by atoms with Crippen molar-refractivity contribution in [2.75, 3.05) is 26.1 Å². The van der Waals surface area contributed by atoms with Crippen LogP contribution in [0.1, 0.15) is 10.5 Å². The molecule has 2 aromatic heterocycles. The van der Waals surface area contributed by atoms with Gasteiger partial charge >= 0.3 is 0 Å². The molecule has 9 nitrogen and oxygen atoms in total. The summed E-state index contributed by atoms with van der Waals surface area (Å²) < 4.78 is 12.2. The second-order valence-electron chi connectivity index (χ2n) is 6.07. The number of hydrogen-bond donors (Lipinski definition) is 2. The number of methoxy groups -OCH3 is 2. The Balaban J connectivity index is 1.65. The van der Waals surface area contributed by atoms with Gasteiger partial charge in [-0.1, -0.05) is 12.1 Å². The first kappa shape index (κ1) is 19.9. The summed E-state index contributed by atoms with van der Waals surface area (Å²) in [6, 6.07) is 8.77. The van der Waals surface area contributed by atoms with E-state index < -0.39 is 0 Å². The van der Waals surface area contributed by atoms with Gasteiger partial charge in [0.2, 0.25) is 5.91 Å². The van der Waals surface area contributed by atoms with Crippen molar-refractivity contribution in [3.63, 3.8) is 0 Å². The van der Waals surface area contributed by atoms with Gasteiger partial charge in [-0.05, 0) is 23.8 Å². The number of ether oxygens (including phenoxy) is 2. The highest BCUT2D eigenvalue weighted by molar-refractivity contribution is 5.98. The Hall–Kier alpha value is -3.88. The number of pyridine rings is 1. The lowest BCUT2D eigenvalue weighted by Gasteiger charge is -2.13. The Morgan fingerprint density at radius 2 is 1.69 bits per heavy atom. The van der Waals surface area contributed by atoms with Crippen molar-refractivity contribution in [1.29, 1.82) is 0 Å². The first-order valence-corrected chi connectivity index (χ1v) is 8.76. The number of carbonyl (C=O) groups is 2. The lowest BCUT2D eigenvalue weighted by Crippen LogP contribution is -2.33. The van der Waals surface area contributed by atoms with E-state index >= 15 is 0 Å². The molecule has 0 radical (unpaired) electrons. The second-order valence-corrected chi connectivity index (χ2v) is 6.07. The maximum Gasteiger partial charge on any atom is 0.269 e. The zero-order chi connectivity index (χ0) is 20.8. The van der Waals surface area contributed by atoms with Gasteiger partial charge in [0.15, 0.2) is 0 Å². The summed E-state index contributed by atoms with van der Waals surface area (Å²) in [5.41, 5.74) is 2.60. The lowest BCUT2D eigenvalue weighted by atomic mass is 10.0. The van der Waals surface area contributed by atoms with Gasteiger partial charge in [0.25, 0.3) is 5.91 Å². The predicted octanol–water partition coefficient (Wildman–Crippen LogP) is 1.87. The first-order valence-electron chi connectivity index (χ1n) is 8.76. The van der Waals surface area contributed by atoms with Crippen LogP contribution in [0.3, 0.4) is 0 Å². The molecule has 0 spiro atoms. The molecule has 0 saturated carbocycles. The standard InChI is InChI=1S/C20H21N5O4/c1-25-15(8-9-23-25)20(27)22-12-18(26)24-14-6-4-13(5-7-14)19-16(28-2)10-21-11-17(19)29-3/h4-11H,12H2,1-3H3,(H,22,27)(H,24,26). The van der Waals surface area contributed by atoms with Crippen LogP contribution in [0, 0.1) is 0 Å². The van der Waals surface area contributed by atoms with E-state index in [4.69, 9.17) is 9.47 Å². The van der Waals surface area contributed by atoms with Crippen molar-refractivity contribution in [2.45, 2.75) is 0 Å². The van der Waals surface area contributed by atoms with Crippen LogP contribution >= 0.6 is 0 Å². The van der Waals surface area contributed by atoms with E-state index in [9.17, 15) is 9.59 Å². The van der Waals surface area contributed by atoms with Gasteiger partial charge in [0.05, 0.1) is 38.7 Å². The fourth-order valence-electron chi connectivity index (χ4n) is 2.79. The molecule has 0 bridgehead atoms. The predicted molar refractivity (Wildman–Crippen MR) is 107 cm³/mol. The Labute approximate surface area is 167 Å². The highest BCUT2D eigenvalue weighted by Gasteiger charge is 2.14. The third kappa shape index (κ3) is 4.52. The lowest BCUT2D eigenvalue weighted by molar-refractivity contribution is -0.115. The molecule has 3 aromatic rings. The van der Waals surface area contributed by atoms with Crippen LogP contribution in [-0.4, -0.2) is 47.3 Å². The average Bonchev–Trinajstić information content (AvgIpc) is 3.18. The number of benzene rings is 1. The molecule has 9 heteroatoms. The Kier molecular flexibility index (Phi) is 6.08. The van der Waals surface area contributed by atoms with Crippen molar-refractivity contribution in [3.05, 3.63) is 54.6 Å². The number of amides is 2. The van der Waals surface area contributed by atoms with Crippen LogP contribution in [0.2, 0.25) is 0 Å². The summed E-state index contributed by atoms with van der Waals surface area (Å²) in [5, 5.41) is 9.23. The van der Waals surface area contributed by atoms with Gasteiger partial charge in [0, 0.05) is 18.9 Å². The number of anilines is 1. The highest BCUT2D eigenvalue weighted by atomic mass is 16.5. The molecule has 0 aliphatic carbocycles. The normalized spacial score (nSPS) is 10.3. The summed E-state index contributed by atoms with van der Waals surface area (Å²) in [6.07, 6.45) is 4.74. The molecule has 0 aliphatic rings. The second kappa shape index (κ2) is 8.87. The van der Waals surface area contributed by atoms with Gasteiger partial charge in [-0.25, -0.2) is 0 Å². The SMILES string of the molecule is COc1cncc(OC)c1-c1ccc(NC(=O)CNC(=O)c2ccnn2C)cc1. The fraction of sp³-hybridized carbons (Fsp3) is 0.200. The molecule has 1 aromatic carbocycles. The van der Waals surface area contributed by atoms with Gasteiger partial charge in [-0.3, -0.25) is 19.3 Å². The molecular formula is C20H21N5O4. The van der Waals surface area contributed by atoms with Crippen LogP contribution in [0.25, 0.3) is 11.1 Å². The molecule has 0 atom stereocenters. The first-order chi connectivity index (χ1) is 14.0. The monoisotopic (exact) mass is 395 g/mol. The van der Waals surface area contributed by atoms with E-state index in [2.05, 4.69) is 20.7 Å². The number of aromatic nitrogens is 3. The number of rotatable bonds is 7. The summed E-state index contributed by atoms with van der Waals surface area (Å²) >= 11 is 0. The molecular weight excluding hydrogens is 374 g/mol. The zero-order valence-electron chi connectivity index (χ0n) is 16.3. The van der Waals surface area contributed by atoms with E-state index in [1.165, 1.54) is 10.9 Å². The van der Waals surface area contributed by atoms with Crippen LogP contribution in [0.15, 0.2) is 48.9 Å². The molecule has 29 heavy (non-hydrogen) atoms. The molecule has 2 amide bonds. The molecule has 2 N–H and O–H groups in total. The molecule has 150 valence electrons. The molecule has 2 heterocycles. The van der Waals surface area contributed by atoms with Crippen LogP contribution in [0.4, 0.5) is 5.69 Å². The molecule has 0 fully saturated rings. The van der Waals surface area contributed by atoms with Gasteiger partial charge in [-0.15, -0.1) is 0 Å². The quantitative estimate of drug-likeness (QED) is 0.632. The van der Waals surface area contributed by atoms with Crippen LogP contribution in [-0.2, 0) is 11.8 Å². The van der Waals surface area contributed by atoms with Crippen molar-refractivity contribution >= 4 is 17.5 Å². The number of nitrogens with zero attached hydrogens (tertiary/aromatic N) is 3. The average molecular weight is 395 g/mol. The topological polar surface area (TPSA) is 107 Å². The summed E-state index contributed by atoms with van der Waals surface area (Å²) in [7, 11) is 4.78. The van der Waals surface area contributed by atoms with E-state index in [0.717, 1.165) is 11.1 Å². The fourth-order valence-corrected chi connectivity index (χ4v) is 2.79. The molecule has 0 unspecified atom stereocenters. The maximum atomic E-state index is 12.1. The molecule has 3 rings (SSSR count). The minimum absolute atomic E-state index is 0.155. The Morgan fingerprint density at radius 1 is 1.03 bits per heavy atom. The summed E-state index contributed by atoms with van der Waals surface area (Å²) in [4.78, 5) is 28.2. The number of hydrogen-bond acceptors (Lipinski definition) is 6. The number of carbonyl (C=O) groups excluding carboxylic acids is 2. The number of nitrogens with one attached hydrogen (secondary N) is 2. The van der Waals surface area contributed by atoms with Gasteiger partial charge < -0.3 is 20.1 Å². The Bertz CT molecular complexity index is 992. The van der Waals surface area contributed by atoms with Crippen molar-refractivity contribution in [3.8, 4) is 22.6 Å². The summed E-state index contributed by atoms with van der Waals surface area (Å²) in [6.45, 7) is -0.155. The molecule has 0 aliphatic heterocycles. The summed E-state index contributed by atoms with van der Waals surface area (Å²) in [5.74, 6) is 0.456. The zero-order valence-corrected chi connectivity index (χ0v) is 16.3. The minimum Gasteiger partial charge on any atom is -0.494 e. The van der Waals surface area contributed by atoms with Crippen LogP contribution in [0.5, 0.6) is 11.5 Å². The Morgan fingerprint density at radius 3 is 2.24 bits per heavy atom. The van der Waals surface area contributed by atoms with Crippen LogP contribution < -0.4 is 20.1 Å². The molecule has 0 saturated heterocycles. The third-order valence-electron chi connectivity index (χ3n) is 4.24.